The van der Waals surface area contributed by atoms with Crippen LogP contribution in [0.25, 0.3) is 11.0 Å². The summed E-state index contributed by atoms with van der Waals surface area (Å²) in [5, 5.41) is 0. The number of aromatic nitrogens is 2. The number of likely N-dealkylation sites (tertiary alicyclic amines) is 1. The number of imidazole rings is 1. The average Bonchev–Trinajstić information content (AvgIpc) is 2.96. The highest BCUT2D eigenvalue weighted by atomic mass is 16.2. The van der Waals surface area contributed by atoms with Gasteiger partial charge in [-0.3, -0.25) is 4.79 Å². The van der Waals surface area contributed by atoms with Crippen LogP contribution in [0, 0.1) is 12.2 Å². The molecule has 0 bridgehead atoms. The number of para-hydroxylation sites is 2. The minimum Gasteiger partial charge on any atom is -0.324 e. The highest BCUT2D eigenvalue weighted by Gasteiger charge is 2.29. The van der Waals surface area contributed by atoms with Crippen molar-refractivity contribution in [2.45, 2.75) is 32.9 Å². The second-order valence-electron chi connectivity index (χ2n) is 5.24. The summed E-state index contributed by atoms with van der Waals surface area (Å²) >= 11 is 0. The normalized spacial score (nSPS) is 19.5. The number of fused-ring (bicyclic) bond motifs is 1. The maximum Gasteiger partial charge on any atom is 0.224 e. The van der Waals surface area contributed by atoms with E-state index in [4.69, 9.17) is 0 Å². The minimum absolute atomic E-state index is 0.254. The van der Waals surface area contributed by atoms with Gasteiger partial charge in [-0.2, -0.15) is 0 Å². The van der Waals surface area contributed by atoms with E-state index in [2.05, 4.69) is 18.2 Å². The molecule has 1 aliphatic rings. The first-order valence-corrected chi connectivity index (χ1v) is 6.88. The maximum absolute atomic E-state index is 12.0. The minimum atomic E-state index is 0.254. The number of hydrogen-bond donors (Lipinski definition) is 0. The van der Waals surface area contributed by atoms with Crippen LogP contribution in [-0.4, -0.2) is 26.9 Å². The zero-order chi connectivity index (χ0) is 13.2. The number of nitrogens with zero attached hydrogens (tertiary/aromatic N) is 3. The van der Waals surface area contributed by atoms with E-state index in [0.29, 0.717) is 19.0 Å². The molecule has 1 aromatic carbocycles. The van der Waals surface area contributed by atoms with Gasteiger partial charge in [-0.05, 0) is 24.5 Å². The molecule has 1 aromatic heterocycles. The average molecular weight is 256 g/mol. The maximum atomic E-state index is 12.0. The standard InChI is InChI=1S/C15H18N3O/c1-2-5-12-8-15(19)17(9-12)11-18-10-16-13-6-3-4-7-14(13)18/h3-4,6-7,12H,2,5,8-9,11H2,1H3. The summed E-state index contributed by atoms with van der Waals surface area (Å²) in [7, 11) is 0. The molecule has 4 heteroatoms. The van der Waals surface area contributed by atoms with E-state index in [0.717, 1.165) is 30.4 Å². The molecule has 2 heterocycles. The molecule has 1 radical (unpaired) electrons. The van der Waals surface area contributed by atoms with Crippen LogP contribution >= 0.6 is 0 Å². The summed E-state index contributed by atoms with van der Waals surface area (Å²) in [6, 6.07) is 7.93. The fourth-order valence-electron chi connectivity index (χ4n) is 2.83. The van der Waals surface area contributed by atoms with E-state index in [1.807, 2.05) is 33.7 Å². The van der Waals surface area contributed by atoms with Gasteiger partial charge in [-0.15, -0.1) is 0 Å². The van der Waals surface area contributed by atoms with Gasteiger partial charge in [0.05, 0.1) is 17.7 Å². The van der Waals surface area contributed by atoms with Crippen molar-refractivity contribution in [2.24, 2.45) is 5.92 Å². The van der Waals surface area contributed by atoms with Crippen molar-refractivity contribution < 1.29 is 4.79 Å². The molecule has 1 saturated heterocycles. The van der Waals surface area contributed by atoms with Crippen molar-refractivity contribution in [3.8, 4) is 0 Å². The third kappa shape index (κ3) is 2.35. The summed E-state index contributed by atoms with van der Waals surface area (Å²) in [5.41, 5.74) is 1.97. The first-order chi connectivity index (χ1) is 9.28. The molecule has 0 saturated carbocycles. The highest BCUT2D eigenvalue weighted by Crippen LogP contribution is 2.23. The Morgan fingerprint density at radius 2 is 2.26 bits per heavy atom. The van der Waals surface area contributed by atoms with Crippen LogP contribution in [0.15, 0.2) is 24.3 Å². The van der Waals surface area contributed by atoms with Crippen molar-refractivity contribution >= 4 is 16.9 Å². The smallest absolute Gasteiger partial charge is 0.224 e. The molecule has 19 heavy (non-hydrogen) atoms. The molecule has 1 atom stereocenters. The second-order valence-corrected chi connectivity index (χ2v) is 5.24. The van der Waals surface area contributed by atoms with Gasteiger partial charge in [0.25, 0.3) is 0 Å². The van der Waals surface area contributed by atoms with Gasteiger partial charge < -0.3 is 9.47 Å². The van der Waals surface area contributed by atoms with E-state index in [-0.39, 0.29) is 5.91 Å². The van der Waals surface area contributed by atoms with Gasteiger partial charge in [0.1, 0.15) is 0 Å². The lowest BCUT2D eigenvalue weighted by atomic mass is 10.0. The zero-order valence-electron chi connectivity index (χ0n) is 11.2. The van der Waals surface area contributed by atoms with Gasteiger partial charge in [0.15, 0.2) is 6.33 Å². The van der Waals surface area contributed by atoms with Gasteiger partial charge in [0, 0.05) is 13.0 Å². The van der Waals surface area contributed by atoms with Crippen molar-refractivity contribution in [1.82, 2.24) is 14.5 Å². The molecule has 0 spiro atoms. The SMILES string of the molecule is CCCC1CC(=O)N(Cn2[c]nc3ccccc32)C1. The van der Waals surface area contributed by atoms with Gasteiger partial charge in [0.2, 0.25) is 5.91 Å². The molecule has 3 rings (SSSR count). The lowest BCUT2D eigenvalue weighted by Gasteiger charge is -2.17. The number of rotatable bonds is 4. The molecule has 4 nitrogen and oxygen atoms in total. The van der Waals surface area contributed by atoms with Crippen LogP contribution in [0.5, 0.6) is 0 Å². The Balaban J connectivity index is 1.76. The lowest BCUT2D eigenvalue weighted by molar-refractivity contribution is -0.129. The predicted octanol–water partition coefficient (Wildman–Crippen LogP) is 2.44. The van der Waals surface area contributed by atoms with Gasteiger partial charge in [-0.1, -0.05) is 25.5 Å². The van der Waals surface area contributed by atoms with Crippen LogP contribution in [0.1, 0.15) is 26.2 Å². The summed E-state index contributed by atoms with van der Waals surface area (Å²) < 4.78 is 1.93. The Hall–Kier alpha value is -1.84. The molecule has 2 aromatic rings. The Labute approximate surface area is 113 Å². The first kappa shape index (κ1) is 12.2. The molecule has 1 amide bonds. The summed E-state index contributed by atoms with van der Waals surface area (Å²) in [6.45, 7) is 3.61. The highest BCUT2D eigenvalue weighted by molar-refractivity contribution is 5.79. The number of hydrogen-bond acceptors (Lipinski definition) is 2. The molecule has 1 unspecified atom stereocenters. The number of amides is 1. The van der Waals surface area contributed by atoms with Crippen LogP contribution in [0.4, 0.5) is 0 Å². The molecular formula is C15H18N3O. The van der Waals surface area contributed by atoms with Crippen LogP contribution in [0.3, 0.4) is 0 Å². The van der Waals surface area contributed by atoms with Crippen molar-refractivity contribution in [3.05, 3.63) is 30.6 Å². The summed E-state index contributed by atoms with van der Waals surface area (Å²) in [5.74, 6) is 0.775. The number of carbonyl (C=O) groups excluding carboxylic acids is 1. The first-order valence-electron chi connectivity index (χ1n) is 6.88. The molecule has 0 N–H and O–H groups in total. The van der Waals surface area contributed by atoms with Crippen LogP contribution < -0.4 is 0 Å². The molecule has 1 aliphatic heterocycles. The van der Waals surface area contributed by atoms with E-state index in [1.165, 1.54) is 0 Å². The molecule has 0 aliphatic carbocycles. The topological polar surface area (TPSA) is 38.1 Å². The summed E-state index contributed by atoms with van der Waals surface area (Å²) in [4.78, 5) is 18.2. The number of carbonyl (C=O) groups is 1. The van der Waals surface area contributed by atoms with E-state index >= 15 is 0 Å². The molecule has 1 fully saturated rings. The second kappa shape index (κ2) is 5.03. The quantitative estimate of drug-likeness (QED) is 0.842. The van der Waals surface area contributed by atoms with Gasteiger partial charge in [-0.25, -0.2) is 4.98 Å². The Kier molecular flexibility index (Phi) is 3.23. The monoisotopic (exact) mass is 256 g/mol. The Morgan fingerprint density at radius 3 is 3.11 bits per heavy atom. The Bertz CT molecular complexity index is 590. The third-order valence-electron chi connectivity index (χ3n) is 3.77. The fourth-order valence-corrected chi connectivity index (χ4v) is 2.83. The van der Waals surface area contributed by atoms with E-state index < -0.39 is 0 Å². The van der Waals surface area contributed by atoms with E-state index in [1.54, 1.807) is 0 Å². The van der Waals surface area contributed by atoms with Crippen LogP contribution in [-0.2, 0) is 11.5 Å². The van der Waals surface area contributed by atoms with Gasteiger partial charge >= 0.3 is 0 Å². The number of benzene rings is 1. The van der Waals surface area contributed by atoms with Crippen molar-refractivity contribution in [1.29, 1.82) is 0 Å². The predicted molar refractivity (Wildman–Crippen MR) is 73.3 cm³/mol. The molecular weight excluding hydrogens is 238 g/mol. The Morgan fingerprint density at radius 1 is 1.42 bits per heavy atom. The zero-order valence-corrected chi connectivity index (χ0v) is 11.2. The fraction of sp³-hybridized carbons (Fsp3) is 0.467. The van der Waals surface area contributed by atoms with Crippen molar-refractivity contribution in [3.63, 3.8) is 0 Å². The lowest BCUT2D eigenvalue weighted by Crippen LogP contribution is -2.27. The summed E-state index contributed by atoms with van der Waals surface area (Å²) in [6.07, 6.45) is 5.96. The third-order valence-corrected chi connectivity index (χ3v) is 3.77. The van der Waals surface area contributed by atoms with E-state index in [9.17, 15) is 4.79 Å². The largest absolute Gasteiger partial charge is 0.324 e. The van der Waals surface area contributed by atoms with Crippen LogP contribution in [0.2, 0.25) is 0 Å². The van der Waals surface area contributed by atoms with Crippen molar-refractivity contribution in [2.75, 3.05) is 6.54 Å². The molecule has 99 valence electrons.